The lowest BCUT2D eigenvalue weighted by Crippen LogP contribution is -2.45. The number of hydrogen-bond donors (Lipinski definition) is 3. The highest BCUT2D eigenvalue weighted by molar-refractivity contribution is 5.94. The molecule has 18 heavy (non-hydrogen) atoms. The Morgan fingerprint density at radius 2 is 2.22 bits per heavy atom. The van der Waals surface area contributed by atoms with Crippen molar-refractivity contribution in [1.29, 1.82) is 0 Å². The third-order valence-corrected chi connectivity index (χ3v) is 3.13. The molecule has 0 saturated carbocycles. The van der Waals surface area contributed by atoms with Crippen LogP contribution in [-0.4, -0.2) is 24.4 Å². The van der Waals surface area contributed by atoms with E-state index in [0.717, 1.165) is 12.0 Å². The quantitative estimate of drug-likeness (QED) is 0.708. The molecule has 1 saturated heterocycles. The lowest BCUT2D eigenvalue weighted by molar-refractivity contribution is -0.122. The van der Waals surface area contributed by atoms with Gasteiger partial charge in [-0.25, -0.2) is 0 Å². The van der Waals surface area contributed by atoms with Crippen LogP contribution in [0.4, 0.5) is 0 Å². The SMILES string of the molecule is NC(=O)c1ccccc1CNC1CCC(=O)NC1. The first-order valence-electron chi connectivity index (χ1n) is 6.04. The lowest BCUT2D eigenvalue weighted by atomic mass is 10.0. The van der Waals surface area contributed by atoms with Crippen molar-refractivity contribution in [2.45, 2.75) is 25.4 Å². The number of piperidine rings is 1. The molecular weight excluding hydrogens is 230 g/mol. The second kappa shape index (κ2) is 5.64. The molecule has 5 nitrogen and oxygen atoms in total. The summed E-state index contributed by atoms with van der Waals surface area (Å²) in [5.74, 6) is -0.310. The monoisotopic (exact) mass is 247 g/mol. The number of rotatable bonds is 4. The van der Waals surface area contributed by atoms with E-state index >= 15 is 0 Å². The van der Waals surface area contributed by atoms with Crippen LogP contribution in [0.25, 0.3) is 0 Å². The minimum absolute atomic E-state index is 0.102. The Labute approximate surface area is 106 Å². The van der Waals surface area contributed by atoms with Crippen LogP contribution >= 0.6 is 0 Å². The highest BCUT2D eigenvalue weighted by Crippen LogP contribution is 2.09. The standard InChI is InChI=1S/C13H17N3O2/c14-13(18)11-4-2-1-3-9(11)7-15-10-5-6-12(17)16-8-10/h1-4,10,15H,5-8H2,(H2,14,18)(H,16,17). The minimum Gasteiger partial charge on any atom is -0.366 e. The van der Waals surface area contributed by atoms with Crippen LogP contribution in [0.2, 0.25) is 0 Å². The van der Waals surface area contributed by atoms with Gasteiger partial charge >= 0.3 is 0 Å². The maximum atomic E-state index is 11.3. The molecule has 1 aliphatic heterocycles. The predicted molar refractivity (Wildman–Crippen MR) is 67.8 cm³/mol. The first-order valence-corrected chi connectivity index (χ1v) is 6.04. The van der Waals surface area contributed by atoms with E-state index in [1.54, 1.807) is 12.1 Å². The topological polar surface area (TPSA) is 84.2 Å². The molecule has 5 heteroatoms. The fourth-order valence-corrected chi connectivity index (χ4v) is 2.08. The molecule has 1 aliphatic rings. The Morgan fingerprint density at radius 3 is 2.89 bits per heavy atom. The largest absolute Gasteiger partial charge is 0.366 e. The second-order valence-corrected chi connectivity index (χ2v) is 4.44. The maximum Gasteiger partial charge on any atom is 0.249 e. The first-order chi connectivity index (χ1) is 8.66. The van der Waals surface area contributed by atoms with E-state index in [0.29, 0.717) is 25.1 Å². The van der Waals surface area contributed by atoms with Crippen LogP contribution in [0.15, 0.2) is 24.3 Å². The first kappa shape index (κ1) is 12.6. The summed E-state index contributed by atoms with van der Waals surface area (Å²) in [4.78, 5) is 22.3. The van der Waals surface area contributed by atoms with Crippen LogP contribution in [0.3, 0.4) is 0 Å². The molecule has 0 aromatic heterocycles. The van der Waals surface area contributed by atoms with Gasteiger partial charge < -0.3 is 16.4 Å². The number of amides is 2. The van der Waals surface area contributed by atoms with E-state index in [2.05, 4.69) is 10.6 Å². The molecule has 0 radical (unpaired) electrons. The van der Waals surface area contributed by atoms with Gasteiger partial charge in [0, 0.05) is 31.1 Å². The molecule has 0 bridgehead atoms. The van der Waals surface area contributed by atoms with Gasteiger partial charge in [0.25, 0.3) is 0 Å². The smallest absolute Gasteiger partial charge is 0.249 e. The summed E-state index contributed by atoms with van der Waals surface area (Å²) in [5, 5.41) is 6.14. The summed E-state index contributed by atoms with van der Waals surface area (Å²) >= 11 is 0. The number of carbonyl (C=O) groups is 2. The zero-order valence-electron chi connectivity index (χ0n) is 10.1. The summed E-state index contributed by atoms with van der Waals surface area (Å²) in [6.45, 7) is 1.22. The van der Waals surface area contributed by atoms with E-state index in [1.165, 1.54) is 0 Å². The molecule has 2 amide bonds. The normalized spacial score (nSPS) is 19.3. The van der Waals surface area contributed by atoms with Gasteiger partial charge in [0.15, 0.2) is 0 Å². The predicted octanol–water partition coefficient (Wildman–Crippen LogP) is 0.154. The Balaban J connectivity index is 1.94. The molecule has 4 N–H and O–H groups in total. The van der Waals surface area contributed by atoms with Gasteiger partial charge in [-0.2, -0.15) is 0 Å². The Bertz CT molecular complexity index is 449. The molecule has 1 fully saturated rings. The number of primary amides is 1. The number of nitrogens with one attached hydrogen (secondary N) is 2. The second-order valence-electron chi connectivity index (χ2n) is 4.44. The summed E-state index contributed by atoms with van der Waals surface area (Å²) in [6.07, 6.45) is 1.37. The Morgan fingerprint density at radius 1 is 1.44 bits per heavy atom. The zero-order chi connectivity index (χ0) is 13.0. The van der Waals surface area contributed by atoms with Gasteiger partial charge in [0.05, 0.1) is 0 Å². The van der Waals surface area contributed by atoms with Crippen LogP contribution in [0.5, 0.6) is 0 Å². The van der Waals surface area contributed by atoms with Crippen molar-refractivity contribution >= 4 is 11.8 Å². The summed E-state index contributed by atoms with van der Waals surface area (Å²) in [7, 11) is 0. The summed E-state index contributed by atoms with van der Waals surface area (Å²) in [5.41, 5.74) is 6.75. The van der Waals surface area contributed by atoms with E-state index in [1.807, 2.05) is 12.1 Å². The van der Waals surface area contributed by atoms with Gasteiger partial charge in [-0.1, -0.05) is 18.2 Å². The third kappa shape index (κ3) is 3.07. The maximum absolute atomic E-state index is 11.3. The lowest BCUT2D eigenvalue weighted by Gasteiger charge is -2.23. The van der Waals surface area contributed by atoms with Crippen LogP contribution in [0.1, 0.15) is 28.8 Å². The molecule has 1 atom stereocenters. The highest BCUT2D eigenvalue weighted by atomic mass is 16.2. The Kier molecular flexibility index (Phi) is 3.94. The number of benzene rings is 1. The van der Waals surface area contributed by atoms with Gasteiger partial charge in [-0.15, -0.1) is 0 Å². The van der Waals surface area contributed by atoms with Crippen molar-refractivity contribution in [3.05, 3.63) is 35.4 Å². The number of nitrogens with two attached hydrogens (primary N) is 1. The molecule has 0 aliphatic carbocycles. The summed E-state index contributed by atoms with van der Waals surface area (Å²) in [6, 6.07) is 7.54. The van der Waals surface area contributed by atoms with Crippen molar-refractivity contribution in [3.8, 4) is 0 Å². The van der Waals surface area contributed by atoms with Gasteiger partial charge in [-0.05, 0) is 18.1 Å². The molecule has 1 aromatic carbocycles. The molecule has 96 valence electrons. The zero-order valence-corrected chi connectivity index (χ0v) is 10.1. The van der Waals surface area contributed by atoms with Crippen LogP contribution in [0, 0.1) is 0 Å². The molecular formula is C13H17N3O2. The molecule has 2 rings (SSSR count). The highest BCUT2D eigenvalue weighted by Gasteiger charge is 2.17. The van der Waals surface area contributed by atoms with Crippen molar-refractivity contribution in [3.63, 3.8) is 0 Å². The van der Waals surface area contributed by atoms with Crippen molar-refractivity contribution in [1.82, 2.24) is 10.6 Å². The van der Waals surface area contributed by atoms with Crippen LogP contribution < -0.4 is 16.4 Å². The van der Waals surface area contributed by atoms with Crippen molar-refractivity contribution in [2.24, 2.45) is 5.73 Å². The molecule has 1 heterocycles. The number of hydrogen-bond acceptors (Lipinski definition) is 3. The van der Waals surface area contributed by atoms with E-state index in [9.17, 15) is 9.59 Å². The van der Waals surface area contributed by atoms with Crippen molar-refractivity contribution in [2.75, 3.05) is 6.54 Å². The van der Waals surface area contributed by atoms with Gasteiger partial charge in [-0.3, -0.25) is 9.59 Å². The third-order valence-electron chi connectivity index (χ3n) is 3.13. The molecule has 0 spiro atoms. The average molecular weight is 247 g/mol. The van der Waals surface area contributed by atoms with E-state index < -0.39 is 5.91 Å². The van der Waals surface area contributed by atoms with E-state index in [-0.39, 0.29) is 11.9 Å². The number of carbonyl (C=O) groups excluding carboxylic acids is 2. The molecule has 1 aromatic rings. The van der Waals surface area contributed by atoms with Gasteiger partial charge in [0.2, 0.25) is 11.8 Å². The van der Waals surface area contributed by atoms with Gasteiger partial charge in [0.1, 0.15) is 0 Å². The van der Waals surface area contributed by atoms with Crippen molar-refractivity contribution < 1.29 is 9.59 Å². The fraction of sp³-hybridized carbons (Fsp3) is 0.385. The molecule has 1 unspecified atom stereocenters. The summed E-state index contributed by atoms with van der Waals surface area (Å²) < 4.78 is 0. The average Bonchev–Trinajstić information content (AvgIpc) is 2.38. The van der Waals surface area contributed by atoms with Crippen LogP contribution in [-0.2, 0) is 11.3 Å². The fourth-order valence-electron chi connectivity index (χ4n) is 2.08. The minimum atomic E-state index is -0.413. The van der Waals surface area contributed by atoms with E-state index in [4.69, 9.17) is 5.73 Å². The Hall–Kier alpha value is -1.88.